The summed E-state index contributed by atoms with van der Waals surface area (Å²) in [6.07, 6.45) is 2.20. The summed E-state index contributed by atoms with van der Waals surface area (Å²) < 4.78 is 40.6. The van der Waals surface area contributed by atoms with E-state index >= 15 is 0 Å². The SMILES string of the molecule is CCOc1ccc(N(CC(=O)N[C@H]2CC(CC)(CC)Oc3ccccc32)S(=O)(=O)c2ccc(C)cc2)cc1. The molecule has 1 aliphatic heterocycles. The highest BCUT2D eigenvalue weighted by molar-refractivity contribution is 7.92. The van der Waals surface area contributed by atoms with Crippen molar-refractivity contribution in [1.82, 2.24) is 5.32 Å². The highest BCUT2D eigenvalue weighted by Gasteiger charge is 2.39. The molecule has 8 heteroatoms. The molecule has 1 N–H and O–H groups in total. The molecule has 1 amide bonds. The van der Waals surface area contributed by atoms with E-state index in [4.69, 9.17) is 9.47 Å². The van der Waals surface area contributed by atoms with Crippen molar-refractivity contribution in [2.75, 3.05) is 17.5 Å². The van der Waals surface area contributed by atoms with Gasteiger partial charge in [-0.15, -0.1) is 0 Å². The first-order valence-electron chi connectivity index (χ1n) is 13.1. The zero-order chi connectivity index (χ0) is 27.3. The minimum Gasteiger partial charge on any atom is -0.494 e. The Bertz CT molecular complexity index is 1350. The van der Waals surface area contributed by atoms with Crippen molar-refractivity contribution >= 4 is 21.6 Å². The molecule has 1 aliphatic rings. The molecule has 3 aromatic rings. The number of anilines is 1. The lowest BCUT2D eigenvalue weighted by molar-refractivity contribution is -0.121. The minimum atomic E-state index is -4.02. The molecule has 1 atom stereocenters. The van der Waals surface area contributed by atoms with Crippen molar-refractivity contribution in [2.24, 2.45) is 0 Å². The molecule has 1 heterocycles. The van der Waals surface area contributed by atoms with Crippen LogP contribution in [0.5, 0.6) is 11.5 Å². The number of hydrogen-bond acceptors (Lipinski definition) is 5. The average Bonchev–Trinajstić information content (AvgIpc) is 2.92. The van der Waals surface area contributed by atoms with E-state index in [0.717, 1.165) is 34.0 Å². The lowest BCUT2D eigenvalue weighted by Gasteiger charge is -2.41. The second-order valence-corrected chi connectivity index (χ2v) is 11.5. The number of nitrogens with zero attached hydrogens (tertiary/aromatic N) is 1. The Kier molecular flexibility index (Phi) is 8.31. The van der Waals surface area contributed by atoms with E-state index in [0.29, 0.717) is 24.5 Å². The van der Waals surface area contributed by atoms with Gasteiger partial charge < -0.3 is 14.8 Å². The number of amides is 1. The van der Waals surface area contributed by atoms with Gasteiger partial charge in [0.1, 0.15) is 23.6 Å². The van der Waals surface area contributed by atoms with Crippen LogP contribution in [0.25, 0.3) is 0 Å². The van der Waals surface area contributed by atoms with Crippen LogP contribution in [-0.2, 0) is 14.8 Å². The van der Waals surface area contributed by atoms with Gasteiger partial charge in [-0.1, -0.05) is 49.7 Å². The van der Waals surface area contributed by atoms with Crippen LogP contribution < -0.4 is 19.1 Å². The molecule has 0 fully saturated rings. The van der Waals surface area contributed by atoms with Gasteiger partial charge in [0.2, 0.25) is 5.91 Å². The standard InChI is InChI=1S/C30H36N2O5S/c1-5-30(6-2)20-27(26-10-8-9-11-28(26)37-30)31-29(33)21-32(23-14-16-24(17-15-23)36-7-3)38(34,35)25-18-12-22(4)13-19-25/h8-19,27H,5-7,20-21H2,1-4H3,(H,31,33)/t27-/m0/s1. The van der Waals surface area contributed by atoms with Gasteiger partial charge in [-0.2, -0.15) is 0 Å². The largest absolute Gasteiger partial charge is 0.494 e. The Morgan fingerprint density at radius 3 is 2.29 bits per heavy atom. The molecule has 0 saturated heterocycles. The zero-order valence-electron chi connectivity index (χ0n) is 22.4. The molecule has 3 aromatic carbocycles. The Hall–Kier alpha value is -3.52. The van der Waals surface area contributed by atoms with Gasteiger partial charge in [0.15, 0.2) is 0 Å². The summed E-state index contributed by atoms with van der Waals surface area (Å²) in [6.45, 7) is 8.07. The highest BCUT2D eigenvalue weighted by atomic mass is 32.2. The number of carbonyl (C=O) groups is 1. The number of aryl methyl sites for hydroxylation is 1. The van der Waals surface area contributed by atoms with E-state index in [2.05, 4.69) is 19.2 Å². The van der Waals surface area contributed by atoms with Gasteiger partial charge in [0.25, 0.3) is 10.0 Å². The van der Waals surface area contributed by atoms with Crippen LogP contribution in [0.2, 0.25) is 0 Å². The van der Waals surface area contributed by atoms with Crippen molar-refractivity contribution in [1.29, 1.82) is 0 Å². The van der Waals surface area contributed by atoms with Crippen molar-refractivity contribution in [3.63, 3.8) is 0 Å². The van der Waals surface area contributed by atoms with Crippen LogP contribution in [0.15, 0.2) is 77.7 Å². The second kappa shape index (κ2) is 11.5. The number of rotatable bonds is 10. The molecule has 0 bridgehead atoms. The fourth-order valence-corrected chi connectivity index (χ4v) is 6.25. The molecule has 4 rings (SSSR count). The Morgan fingerprint density at radius 2 is 1.66 bits per heavy atom. The van der Waals surface area contributed by atoms with E-state index in [9.17, 15) is 13.2 Å². The Balaban J connectivity index is 1.65. The number of fused-ring (bicyclic) bond motifs is 1. The van der Waals surface area contributed by atoms with E-state index in [1.165, 1.54) is 0 Å². The maximum absolute atomic E-state index is 13.8. The molecule has 38 heavy (non-hydrogen) atoms. The summed E-state index contributed by atoms with van der Waals surface area (Å²) in [5.74, 6) is 0.989. The maximum Gasteiger partial charge on any atom is 0.264 e. The van der Waals surface area contributed by atoms with Gasteiger partial charge in [-0.25, -0.2) is 8.42 Å². The highest BCUT2D eigenvalue weighted by Crippen LogP contribution is 2.42. The molecular weight excluding hydrogens is 500 g/mol. The van der Waals surface area contributed by atoms with Crippen LogP contribution in [0.3, 0.4) is 0 Å². The maximum atomic E-state index is 13.8. The van der Waals surface area contributed by atoms with Crippen molar-refractivity contribution in [3.05, 3.63) is 83.9 Å². The summed E-state index contributed by atoms with van der Waals surface area (Å²) >= 11 is 0. The molecule has 0 spiro atoms. The molecule has 0 aromatic heterocycles. The quantitative estimate of drug-likeness (QED) is 0.355. The summed E-state index contributed by atoms with van der Waals surface area (Å²) in [5.41, 5.74) is 1.83. The number of para-hydroxylation sites is 1. The fourth-order valence-electron chi connectivity index (χ4n) is 4.83. The topological polar surface area (TPSA) is 84.9 Å². The number of ether oxygens (including phenoxy) is 2. The Labute approximate surface area is 225 Å². The summed E-state index contributed by atoms with van der Waals surface area (Å²) in [5, 5.41) is 3.11. The van der Waals surface area contributed by atoms with Gasteiger partial charge in [0, 0.05) is 12.0 Å². The molecule has 0 aliphatic carbocycles. The first-order chi connectivity index (χ1) is 18.2. The molecule has 7 nitrogen and oxygen atoms in total. The summed E-state index contributed by atoms with van der Waals surface area (Å²) in [6, 6.07) is 20.8. The number of sulfonamides is 1. The lowest BCUT2D eigenvalue weighted by atomic mass is 9.83. The minimum absolute atomic E-state index is 0.122. The van der Waals surface area contributed by atoms with Crippen molar-refractivity contribution in [3.8, 4) is 11.5 Å². The van der Waals surface area contributed by atoms with Crippen LogP contribution in [0.4, 0.5) is 5.69 Å². The number of nitrogens with one attached hydrogen (secondary N) is 1. The third-order valence-corrected chi connectivity index (χ3v) is 8.94. The van der Waals surface area contributed by atoms with Gasteiger partial charge >= 0.3 is 0 Å². The van der Waals surface area contributed by atoms with Gasteiger partial charge in [-0.3, -0.25) is 9.10 Å². The number of benzene rings is 3. The monoisotopic (exact) mass is 536 g/mol. The molecular formula is C30H36N2O5S. The van der Waals surface area contributed by atoms with E-state index < -0.39 is 21.5 Å². The van der Waals surface area contributed by atoms with Gasteiger partial charge in [0.05, 0.1) is 23.2 Å². The van der Waals surface area contributed by atoms with E-state index in [-0.39, 0.29) is 17.5 Å². The van der Waals surface area contributed by atoms with E-state index in [1.54, 1.807) is 48.5 Å². The van der Waals surface area contributed by atoms with E-state index in [1.807, 2.05) is 38.1 Å². The molecule has 0 unspecified atom stereocenters. The summed E-state index contributed by atoms with van der Waals surface area (Å²) in [4.78, 5) is 13.6. The molecule has 0 radical (unpaired) electrons. The Morgan fingerprint density at radius 1 is 1.00 bits per heavy atom. The lowest BCUT2D eigenvalue weighted by Crippen LogP contribution is -2.47. The first kappa shape index (κ1) is 27.5. The third-order valence-electron chi connectivity index (χ3n) is 7.15. The zero-order valence-corrected chi connectivity index (χ0v) is 23.3. The molecule has 202 valence electrons. The van der Waals surface area contributed by atoms with Crippen LogP contribution >= 0.6 is 0 Å². The smallest absolute Gasteiger partial charge is 0.264 e. The van der Waals surface area contributed by atoms with Gasteiger partial charge in [-0.05, 0) is 69.2 Å². The molecule has 0 saturated carbocycles. The predicted molar refractivity (Wildman–Crippen MR) is 149 cm³/mol. The van der Waals surface area contributed by atoms with Crippen molar-refractivity contribution in [2.45, 2.75) is 63.5 Å². The first-order valence-corrected chi connectivity index (χ1v) is 14.5. The van der Waals surface area contributed by atoms with Crippen LogP contribution in [-0.4, -0.2) is 33.1 Å². The third kappa shape index (κ3) is 5.80. The second-order valence-electron chi connectivity index (χ2n) is 9.61. The fraction of sp³-hybridized carbons (Fsp3) is 0.367. The van der Waals surface area contributed by atoms with Crippen LogP contribution in [0, 0.1) is 6.92 Å². The van der Waals surface area contributed by atoms with Crippen LogP contribution in [0.1, 0.15) is 57.2 Å². The number of carbonyl (C=O) groups excluding carboxylic acids is 1. The predicted octanol–water partition coefficient (Wildman–Crippen LogP) is 5.79. The normalized spacial score (nSPS) is 16.2. The van der Waals surface area contributed by atoms with Crippen molar-refractivity contribution < 1.29 is 22.7 Å². The summed E-state index contributed by atoms with van der Waals surface area (Å²) in [7, 11) is -4.02. The average molecular weight is 537 g/mol. The number of hydrogen-bond donors (Lipinski definition) is 1.